The Balaban J connectivity index is 0.000000907. The van der Waals surface area contributed by atoms with Gasteiger partial charge in [0.2, 0.25) is 0 Å². The van der Waals surface area contributed by atoms with Crippen LogP contribution in [-0.4, -0.2) is 0 Å². The zero-order valence-corrected chi connectivity index (χ0v) is 23.9. The van der Waals surface area contributed by atoms with E-state index in [1.807, 2.05) is 27.7 Å². The fraction of sp³-hybridized carbons (Fsp3) is 0.243. The van der Waals surface area contributed by atoms with Crippen molar-refractivity contribution in [3.05, 3.63) is 129 Å². The van der Waals surface area contributed by atoms with E-state index in [4.69, 9.17) is 0 Å². The molecule has 0 atom stereocenters. The molecule has 0 spiro atoms. The third-order valence-corrected chi connectivity index (χ3v) is 6.82. The molecule has 1 aliphatic carbocycles. The molecule has 0 saturated heterocycles. The van der Waals surface area contributed by atoms with Crippen LogP contribution in [0.3, 0.4) is 0 Å². The Labute approximate surface area is 225 Å². The molecule has 0 aromatic heterocycles. The molecule has 1 aliphatic rings. The Hall–Kier alpha value is -3.64. The van der Waals surface area contributed by atoms with Crippen LogP contribution in [0.1, 0.15) is 86.1 Å². The quantitative estimate of drug-likeness (QED) is 0.252. The van der Waals surface area contributed by atoms with Crippen LogP contribution in [0.25, 0.3) is 35.4 Å². The molecule has 190 valence electrons. The van der Waals surface area contributed by atoms with Gasteiger partial charge in [-0.1, -0.05) is 162 Å². The molecule has 0 fully saturated rings. The van der Waals surface area contributed by atoms with Crippen LogP contribution in [0.4, 0.5) is 0 Å². The van der Waals surface area contributed by atoms with Crippen molar-refractivity contribution in [3.8, 4) is 11.1 Å². The number of benzene rings is 4. The molecule has 0 heteroatoms. The fourth-order valence-corrected chi connectivity index (χ4v) is 4.72. The molecule has 4 aromatic carbocycles. The summed E-state index contributed by atoms with van der Waals surface area (Å²) in [5, 5.41) is 0. The molecule has 5 rings (SSSR count). The minimum absolute atomic E-state index is 0.0217. The molecule has 0 unspecified atom stereocenters. The first kappa shape index (κ1) is 27.9. The maximum absolute atomic E-state index is 2.36. The summed E-state index contributed by atoms with van der Waals surface area (Å²) in [6.07, 6.45) is 8.84. The summed E-state index contributed by atoms with van der Waals surface area (Å²) in [5.41, 5.74) is 13.0. The predicted molar refractivity (Wildman–Crippen MR) is 167 cm³/mol. The van der Waals surface area contributed by atoms with Gasteiger partial charge in [-0.25, -0.2) is 0 Å². The third kappa shape index (κ3) is 6.38. The molecule has 0 radical (unpaired) electrons. The summed E-state index contributed by atoms with van der Waals surface area (Å²) in [6.45, 7) is 16.9. The van der Waals surface area contributed by atoms with E-state index in [1.165, 1.54) is 55.6 Å². The molecule has 0 heterocycles. The first-order valence-electron chi connectivity index (χ1n) is 13.7. The first-order chi connectivity index (χ1) is 17.9. The van der Waals surface area contributed by atoms with Crippen molar-refractivity contribution < 1.29 is 0 Å². The second-order valence-electron chi connectivity index (χ2n) is 9.72. The molecule has 0 aliphatic heterocycles. The van der Waals surface area contributed by atoms with Gasteiger partial charge < -0.3 is 0 Å². The van der Waals surface area contributed by atoms with Crippen LogP contribution in [0.5, 0.6) is 0 Å². The number of aryl methyl sites for hydroxylation is 2. The summed E-state index contributed by atoms with van der Waals surface area (Å²) >= 11 is 0. The lowest BCUT2D eigenvalue weighted by Gasteiger charge is -2.22. The van der Waals surface area contributed by atoms with Crippen LogP contribution in [0.15, 0.2) is 84.9 Å². The van der Waals surface area contributed by atoms with Gasteiger partial charge in [0, 0.05) is 5.41 Å². The zero-order chi connectivity index (χ0) is 27.0. The van der Waals surface area contributed by atoms with Crippen molar-refractivity contribution >= 4 is 24.3 Å². The predicted octanol–water partition coefficient (Wildman–Crippen LogP) is 11.0. The molecule has 4 aromatic rings. The highest BCUT2D eigenvalue weighted by atomic mass is 14.4. The summed E-state index contributed by atoms with van der Waals surface area (Å²) in [6, 6.07) is 31.1. The summed E-state index contributed by atoms with van der Waals surface area (Å²) in [5.74, 6) is 0. The van der Waals surface area contributed by atoms with Gasteiger partial charge in [-0.15, -0.1) is 0 Å². The van der Waals surface area contributed by atoms with Crippen molar-refractivity contribution in [2.75, 3.05) is 0 Å². The Morgan fingerprint density at radius 2 is 0.730 bits per heavy atom. The van der Waals surface area contributed by atoms with E-state index in [0.717, 1.165) is 0 Å². The average Bonchev–Trinajstić information content (AvgIpc) is 3.16. The van der Waals surface area contributed by atoms with E-state index < -0.39 is 0 Å². The molecular formula is C37H42. The van der Waals surface area contributed by atoms with E-state index in [9.17, 15) is 0 Å². The highest BCUT2D eigenvalue weighted by Gasteiger charge is 2.35. The van der Waals surface area contributed by atoms with Crippen molar-refractivity contribution in [1.29, 1.82) is 0 Å². The Bertz CT molecular complexity index is 1250. The number of hydrogen-bond acceptors (Lipinski definition) is 0. The van der Waals surface area contributed by atoms with Gasteiger partial charge in [-0.2, -0.15) is 0 Å². The average molecular weight is 487 g/mol. The van der Waals surface area contributed by atoms with Crippen molar-refractivity contribution in [1.82, 2.24) is 0 Å². The van der Waals surface area contributed by atoms with E-state index in [2.05, 4.69) is 137 Å². The van der Waals surface area contributed by atoms with Crippen molar-refractivity contribution in [2.24, 2.45) is 0 Å². The van der Waals surface area contributed by atoms with Gasteiger partial charge in [0.25, 0.3) is 0 Å². The Morgan fingerprint density at radius 3 is 1.08 bits per heavy atom. The van der Waals surface area contributed by atoms with Gasteiger partial charge in [-0.3, -0.25) is 0 Å². The topological polar surface area (TPSA) is 0 Å². The summed E-state index contributed by atoms with van der Waals surface area (Å²) in [7, 11) is 0. The van der Waals surface area contributed by atoms with E-state index in [1.54, 1.807) is 0 Å². The van der Waals surface area contributed by atoms with Gasteiger partial charge in [0.05, 0.1) is 0 Å². The maximum atomic E-state index is 2.36. The molecule has 0 bridgehead atoms. The lowest BCUT2D eigenvalue weighted by molar-refractivity contribution is 0.660. The molecule has 37 heavy (non-hydrogen) atoms. The fourth-order valence-electron chi connectivity index (χ4n) is 4.72. The molecular weight excluding hydrogens is 444 g/mol. The van der Waals surface area contributed by atoms with Crippen molar-refractivity contribution in [3.63, 3.8) is 0 Å². The minimum Gasteiger partial charge on any atom is -0.0683 e. The largest absolute Gasteiger partial charge is 0.0683 e. The number of rotatable bonds is 4. The van der Waals surface area contributed by atoms with E-state index in [0.29, 0.717) is 0 Å². The van der Waals surface area contributed by atoms with Gasteiger partial charge in [0.1, 0.15) is 0 Å². The monoisotopic (exact) mass is 486 g/mol. The van der Waals surface area contributed by atoms with Crippen LogP contribution >= 0.6 is 0 Å². The van der Waals surface area contributed by atoms with Crippen LogP contribution in [-0.2, 0) is 5.41 Å². The van der Waals surface area contributed by atoms with Crippen LogP contribution in [0, 0.1) is 13.8 Å². The lowest BCUT2D eigenvalue weighted by atomic mass is 9.81. The van der Waals surface area contributed by atoms with E-state index >= 15 is 0 Å². The highest BCUT2D eigenvalue weighted by molar-refractivity contribution is 5.84. The second kappa shape index (κ2) is 12.5. The summed E-state index contributed by atoms with van der Waals surface area (Å²) < 4.78 is 0. The van der Waals surface area contributed by atoms with Crippen molar-refractivity contribution in [2.45, 2.75) is 60.8 Å². The molecule has 0 amide bonds. The van der Waals surface area contributed by atoms with Gasteiger partial charge in [0.15, 0.2) is 0 Å². The molecule has 0 N–H and O–H groups in total. The first-order valence-corrected chi connectivity index (χ1v) is 13.7. The Kier molecular flexibility index (Phi) is 9.48. The second-order valence-corrected chi connectivity index (χ2v) is 9.72. The smallest absolute Gasteiger partial charge is 0.0159 e. The van der Waals surface area contributed by atoms with Gasteiger partial charge >= 0.3 is 0 Å². The lowest BCUT2D eigenvalue weighted by Crippen LogP contribution is -2.15. The highest BCUT2D eigenvalue weighted by Crippen LogP contribution is 2.49. The van der Waals surface area contributed by atoms with Crippen LogP contribution in [0.2, 0.25) is 0 Å². The van der Waals surface area contributed by atoms with E-state index in [-0.39, 0.29) is 5.41 Å². The van der Waals surface area contributed by atoms with Gasteiger partial charge in [-0.05, 0) is 58.4 Å². The van der Waals surface area contributed by atoms with Crippen LogP contribution < -0.4 is 0 Å². The summed E-state index contributed by atoms with van der Waals surface area (Å²) in [4.78, 5) is 0. The minimum atomic E-state index is -0.0217. The standard InChI is InChI=1S/C33H30.2C2H6/c1-23-5-9-25(10-6-23)13-15-27-17-19-29-30-20-18-28(16-14-26-11-7-24(2)8-12-26)22-32(30)33(3,4)31(29)21-27;2*1-2/h5-22H,1-4H3;2*1-2H3/b15-13+,16-14+;;. The Morgan fingerprint density at radius 1 is 0.432 bits per heavy atom. The number of fused-ring (bicyclic) bond motifs is 3. The molecule has 0 nitrogen and oxygen atoms in total. The number of hydrogen-bond donors (Lipinski definition) is 0. The normalized spacial score (nSPS) is 12.9. The maximum Gasteiger partial charge on any atom is 0.0159 e. The SMILES string of the molecule is CC.CC.Cc1ccc(/C=C/c2ccc3c(c2)C(C)(C)c2cc(/C=C/c4ccc(C)cc4)ccc2-3)cc1. The molecule has 0 saturated carbocycles. The third-order valence-electron chi connectivity index (χ3n) is 6.82. The zero-order valence-electron chi connectivity index (χ0n) is 23.9.